The van der Waals surface area contributed by atoms with Crippen LogP contribution in [0.5, 0.6) is 5.75 Å². The van der Waals surface area contributed by atoms with E-state index in [1.807, 2.05) is 0 Å². The maximum atomic E-state index is 11.7. The van der Waals surface area contributed by atoms with Gasteiger partial charge < -0.3 is 22.6 Å². The molecule has 0 aliphatic rings. The number of halogens is 4. The molecule has 0 spiro atoms. The van der Waals surface area contributed by atoms with Crippen molar-refractivity contribution in [3.63, 3.8) is 0 Å². The first kappa shape index (κ1) is 12.9. The zero-order valence-electron chi connectivity index (χ0n) is 6.81. The summed E-state index contributed by atoms with van der Waals surface area (Å²) in [6, 6.07) is 5.09. The molecule has 0 heterocycles. The third kappa shape index (κ3) is 4.20. The third-order valence-electron chi connectivity index (χ3n) is 1.25. The Kier molecular flexibility index (Phi) is 4.52. The number of anilines is 1. The van der Waals surface area contributed by atoms with E-state index >= 15 is 0 Å². The molecule has 0 radical (unpaired) electrons. The minimum absolute atomic E-state index is 0. The van der Waals surface area contributed by atoms with E-state index in [1.165, 1.54) is 24.3 Å². The second kappa shape index (κ2) is 4.92. The quantitative estimate of drug-likeness (QED) is 0.497. The van der Waals surface area contributed by atoms with Crippen molar-refractivity contribution in [2.24, 2.45) is 5.84 Å². The van der Waals surface area contributed by atoms with Crippen LogP contribution in [-0.4, -0.2) is 6.36 Å². The lowest BCUT2D eigenvalue weighted by atomic mass is 10.3. The van der Waals surface area contributed by atoms with E-state index < -0.39 is 6.36 Å². The molecule has 0 amide bonds. The zero-order valence-corrected chi connectivity index (χ0v) is 7.56. The summed E-state index contributed by atoms with van der Waals surface area (Å²) in [5, 5.41) is 0. The highest BCUT2D eigenvalue weighted by Gasteiger charge is 2.30. The fraction of sp³-hybridized carbons (Fsp3) is 0.143. The largest absolute Gasteiger partial charge is 1.00 e. The van der Waals surface area contributed by atoms with E-state index in [0.29, 0.717) is 5.69 Å². The van der Waals surface area contributed by atoms with Gasteiger partial charge >= 0.3 is 6.36 Å². The van der Waals surface area contributed by atoms with Crippen LogP contribution in [0.2, 0.25) is 0 Å². The van der Waals surface area contributed by atoms with Gasteiger partial charge in [-0.3, -0.25) is 5.84 Å². The number of nitrogen functional groups attached to an aromatic ring is 1. The summed E-state index contributed by atoms with van der Waals surface area (Å²) < 4.78 is 38.6. The molecule has 0 aliphatic heterocycles. The van der Waals surface area contributed by atoms with E-state index in [1.54, 1.807) is 0 Å². The maximum absolute atomic E-state index is 11.7. The van der Waals surface area contributed by atoms with Gasteiger partial charge in [-0.1, -0.05) is 0 Å². The van der Waals surface area contributed by atoms with Gasteiger partial charge in [0.15, 0.2) is 0 Å². The van der Waals surface area contributed by atoms with Crippen LogP contribution in [0.3, 0.4) is 0 Å². The molecule has 1 aromatic carbocycles. The number of nitrogens with one attached hydrogen (secondary N) is 1. The van der Waals surface area contributed by atoms with Gasteiger partial charge in [0.25, 0.3) is 0 Å². The average Bonchev–Trinajstić information content (AvgIpc) is 2.03. The zero-order chi connectivity index (χ0) is 9.90. The molecule has 14 heavy (non-hydrogen) atoms. The summed E-state index contributed by atoms with van der Waals surface area (Å²) in [4.78, 5) is 0. The lowest BCUT2D eigenvalue weighted by Crippen LogP contribution is -3.00. The minimum Gasteiger partial charge on any atom is -1.00 e. The summed E-state index contributed by atoms with van der Waals surface area (Å²) in [6.07, 6.45) is -4.66. The molecule has 80 valence electrons. The number of rotatable bonds is 2. The highest BCUT2D eigenvalue weighted by molar-refractivity contribution is 5.45. The number of nitrogens with two attached hydrogens (primary N) is 1. The summed E-state index contributed by atoms with van der Waals surface area (Å²) in [7, 11) is 0. The smallest absolute Gasteiger partial charge is 0.573 e. The predicted molar refractivity (Wildman–Crippen MR) is 40.9 cm³/mol. The molecular weight excluding hydrogens is 221 g/mol. The molecule has 1 rings (SSSR count). The fourth-order valence-electron chi connectivity index (χ4n) is 0.753. The first-order chi connectivity index (χ1) is 6.01. The van der Waals surface area contributed by atoms with Crippen molar-refractivity contribution in [3.8, 4) is 5.75 Å². The SMILES string of the molecule is NNc1ccc(OC(F)(F)F)cc1.[Cl-]. The Morgan fingerprint density at radius 3 is 2.00 bits per heavy atom. The summed E-state index contributed by atoms with van der Waals surface area (Å²) in [6.45, 7) is 0. The number of hydrogen-bond donors (Lipinski definition) is 2. The van der Waals surface area contributed by atoms with Crippen LogP contribution in [-0.2, 0) is 0 Å². The Balaban J connectivity index is 0.00000169. The van der Waals surface area contributed by atoms with Crippen molar-refractivity contribution >= 4 is 5.69 Å². The van der Waals surface area contributed by atoms with Crippen LogP contribution in [0.4, 0.5) is 18.9 Å². The molecular formula is C7H7ClF3N2O-. The van der Waals surface area contributed by atoms with Crippen molar-refractivity contribution in [1.29, 1.82) is 0 Å². The van der Waals surface area contributed by atoms with Gasteiger partial charge in [-0.05, 0) is 24.3 Å². The van der Waals surface area contributed by atoms with Crippen LogP contribution in [0.15, 0.2) is 24.3 Å². The molecule has 7 heteroatoms. The van der Waals surface area contributed by atoms with Crippen molar-refractivity contribution in [2.45, 2.75) is 6.36 Å². The van der Waals surface area contributed by atoms with Gasteiger partial charge in [-0.15, -0.1) is 13.2 Å². The Hall–Kier alpha value is -1.14. The van der Waals surface area contributed by atoms with Gasteiger partial charge in [0.1, 0.15) is 5.75 Å². The number of hydrogen-bond acceptors (Lipinski definition) is 3. The first-order valence-electron chi connectivity index (χ1n) is 3.34. The van der Waals surface area contributed by atoms with E-state index in [9.17, 15) is 13.2 Å². The highest BCUT2D eigenvalue weighted by Crippen LogP contribution is 2.23. The Bertz CT molecular complexity index is 275. The first-order valence-corrected chi connectivity index (χ1v) is 3.34. The Labute approximate surface area is 84.4 Å². The van der Waals surface area contributed by atoms with Crippen LogP contribution >= 0.6 is 0 Å². The Morgan fingerprint density at radius 2 is 1.64 bits per heavy atom. The molecule has 1 aromatic rings. The lowest BCUT2D eigenvalue weighted by Gasteiger charge is -2.08. The van der Waals surface area contributed by atoms with Gasteiger partial charge in [-0.25, -0.2) is 0 Å². The van der Waals surface area contributed by atoms with Crippen molar-refractivity contribution in [1.82, 2.24) is 0 Å². The molecule has 0 aromatic heterocycles. The lowest BCUT2D eigenvalue weighted by molar-refractivity contribution is -0.274. The standard InChI is InChI=1S/C7H7F3N2O.ClH/c8-7(9,10)13-6-3-1-5(12-11)2-4-6;/h1-4,12H,11H2;1H/p-1. The van der Waals surface area contributed by atoms with Crippen molar-refractivity contribution in [3.05, 3.63) is 24.3 Å². The van der Waals surface area contributed by atoms with Crippen LogP contribution in [0.1, 0.15) is 0 Å². The van der Waals surface area contributed by atoms with Gasteiger partial charge in [-0.2, -0.15) is 0 Å². The summed E-state index contributed by atoms with van der Waals surface area (Å²) in [5.74, 6) is 4.74. The number of alkyl halides is 3. The fourth-order valence-corrected chi connectivity index (χ4v) is 0.753. The molecule has 0 bridgehead atoms. The van der Waals surface area contributed by atoms with E-state index in [4.69, 9.17) is 5.84 Å². The number of ether oxygens (including phenoxy) is 1. The van der Waals surface area contributed by atoms with E-state index in [2.05, 4.69) is 10.2 Å². The summed E-state index contributed by atoms with van der Waals surface area (Å²) in [5.41, 5.74) is 2.79. The number of benzene rings is 1. The topological polar surface area (TPSA) is 47.3 Å². The molecule has 0 atom stereocenters. The second-order valence-corrected chi connectivity index (χ2v) is 2.22. The molecule has 0 fully saturated rings. The van der Waals surface area contributed by atoms with Gasteiger partial charge in [0.2, 0.25) is 0 Å². The van der Waals surface area contributed by atoms with Crippen LogP contribution < -0.4 is 28.4 Å². The molecule has 3 N–H and O–H groups in total. The summed E-state index contributed by atoms with van der Waals surface area (Å²) >= 11 is 0. The van der Waals surface area contributed by atoms with Crippen LogP contribution in [0, 0.1) is 0 Å². The van der Waals surface area contributed by atoms with Crippen LogP contribution in [0.25, 0.3) is 0 Å². The highest BCUT2D eigenvalue weighted by atomic mass is 35.5. The molecule has 0 aliphatic carbocycles. The number of hydrazine groups is 1. The van der Waals surface area contributed by atoms with Gasteiger partial charge in [0, 0.05) is 5.69 Å². The monoisotopic (exact) mass is 227 g/mol. The Morgan fingerprint density at radius 1 is 1.14 bits per heavy atom. The maximum Gasteiger partial charge on any atom is 0.573 e. The predicted octanol–water partition coefficient (Wildman–Crippen LogP) is -1.13. The van der Waals surface area contributed by atoms with Gasteiger partial charge in [0.05, 0.1) is 0 Å². The molecule has 0 saturated carbocycles. The van der Waals surface area contributed by atoms with E-state index in [-0.39, 0.29) is 18.2 Å². The second-order valence-electron chi connectivity index (χ2n) is 2.22. The van der Waals surface area contributed by atoms with Crippen molar-refractivity contribution < 1.29 is 30.3 Å². The minimum atomic E-state index is -4.66. The molecule has 0 unspecified atom stereocenters. The molecule has 0 saturated heterocycles. The average molecular weight is 228 g/mol. The van der Waals surface area contributed by atoms with Crippen molar-refractivity contribution in [2.75, 3.05) is 5.43 Å². The normalized spacial score (nSPS) is 10.3. The molecule has 3 nitrogen and oxygen atoms in total. The van der Waals surface area contributed by atoms with E-state index in [0.717, 1.165) is 0 Å². The third-order valence-corrected chi connectivity index (χ3v) is 1.25.